The lowest BCUT2D eigenvalue weighted by molar-refractivity contribution is 0.0371. The van der Waals surface area contributed by atoms with Gasteiger partial charge in [0.25, 0.3) is 0 Å². The molecular weight excluding hydrogens is 298 g/mol. The lowest BCUT2D eigenvalue weighted by Crippen LogP contribution is -2.62. The number of hydrogen-bond acceptors (Lipinski definition) is 3. The van der Waals surface area contributed by atoms with Gasteiger partial charge in [-0.3, -0.25) is 0 Å². The van der Waals surface area contributed by atoms with Crippen LogP contribution in [0.15, 0.2) is 30.3 Å². The first kappa shape index (κ1) is 15.9. The maximum atomic E-state index is 9.44. The highest BCUT2D eigenvalue weighted by molar-refractivity contribution is 5.91. The molecule has 2 aromatic rings. The zero-order valence-electron chi connectivity index (χ0n) is 14.8. The average molecular weight is 325 g/mol. The van der Waals surface area contributed by atoms with E-state index in [4.69, 9.17) is 4.74 Å². The van der Waals surface area contributed by atoms with Gasteiger partial charge in [-0.05, 0) is 50.5 Å². The molecule has 1 fully saturated rings. The van der Waals surface area contributed by atoms with Crippen molar-refractivity contribution in [2.75, 3.05) is 13.2 Å². The summed E-state index contributed by atoms with van der Waals surface area (Å²) in [5.74, 6) is 2.05. The lowest BCUT2D eigenvalue weighted by Gasteiger charge is -2.59. The van der Waals surface area contributed by atoms with Crippen molar-refractivity contribution in [2.45, 2.75) is 51.1 Å². The summed E-state index contributed by atoms with van der Waals surface area (Å²) in [5, 5.41) is 15.7. The van der Waals surface area contributed by atoms with Crippen molar-refractivity contribution in [3.63, 3.8) is 0 Å². The van der Waals surface area contributed by atoms with Gasteiger partial charge in [0.05, 0.1) is 6.61 Å². The maximum Gasteiger partial charge on any atom is 0.132 e. The van der Waals surface area contributed by atoms with Crippen LogP contribution in [-0.4, -0.2) is 23.9 Å². The molecule has 1 aliphatic heterocycles. The third-order valence-corrected chi connectivity index (χ3v) is 6.02. The van der Waals surface area contributed by atoms with Crippen LogP contribution in [0.25, 0.3) is 10.8 Å². The SMILES string of the molecule is CCOc1c2c(cc3ccccc13)C1C(CCO)CC1(C)NC2C. The van der Waals surface area contributed by atoms with Crippen molar-refractivity contribution >= 4 is 10.8 Å². The van der Waals surface area contributed by atoms with Gasteiger partial charge in [0.2, 0.25) is 0 Å². The topological polar surface area (TPSA) is 41.5 Å². The first-order valence-electron chi connectivity index (χ1n) is 9.16. The zero-order valence-corrected chi connectivity index (χ0v) is 14.8. The molecule has 0 amide bonds. The van der Waals surface area contributed by atoms with Crippen LogP contribution in [0.4, 0.5) is 0 Å². The van der Waals surface area contributed by atoms with E-state index in [9.17, 15) is 5.11 Å². The Balaban J connectivity index is 1.94. The Morgan fingerprint density at radius 2 is 2.12 bits per heavy atom. The first-order valence-corrected chi connectivity index (χ1v) is 9.16. The zero-order chi connectivity index (χ0) is 16.9. The minimum Gasteiger partial charge on any atom is -0.493 e. The normalized spacial score (nSPS) is 31.2. The van der Waals surface area contributed by atoms with Gasteiger partial charge in [-0.2, -0.15) is 0 Å². The largest absolute Gasteiger partial charge is 0.493 e. The van der Waals surface area contributed by atoms with Gasteiger partial charge in [0, 0.05) is 35.1 Å². The van der Waals surface area contributed by atoms with Crippen molar-refractivity contribution in [2.24, 2.45) is 5.92 Å². The van der Waals surface area contributed by atoms with Gasteiger partial charge in [-0.15, -0.1) is 0 Å². The highest BCUT2D eigenvalue weighted by Gasteiger charge is 2.55. The molecule has 1 heterocycles. The van der Waals surface area contributed by atoms with E-state index in [1.54, 1.807) is 0 Å². The summed E-state index contributed by atoms with van der Waals surface area (Å²) in [7, 11) is 0. The molecule has 24 heavy (non-hydrogen) atoms. The van der Waals surface area contributed by atoms with Crippen molar-refractivity contribution in [3.05, 3.63) is 41.5 Å². The molecule has 0 radical (unpaired) electrons. The Labute approximate surface area is 144 Å². The van der Waals surface area contributed by atoms with Gasteiger partial charge in [0.1, 0.15) is 5.75 Å². The van der Waals surface area contributed by atoms with Crippen molar-refractivity contribution < 1.29 is 9.84 Å². The second kappa shape index (κ2) is 5.75. The molecule has 3 nitrogen and oxygen atoms in total. The van der Waals surface area contributed by atoms with Crippen LogP contribution in [0.3, 0.4) is 0 Å². The van der Waals surface area contributed by atoms with Crippen LogP contribution in [0.5, 0.6) is 5.75 Å². The van der Waals surface area contributed by atoms with E-state index >= 15 is 0 Å². The second-order valence-corrected chi connectivity index (χ2v) is 7.60. The van der Waals surface area contributed by atoms with Crippen molar-refractivity contribution in [1.82, 2.24) is 5.32 Å². The van der Waals surface area contributed by atoms with Crippen molar-refractivity contribution in [3.8, 4) is 5.75 Å². The van der Waals surface area contributed by atoms with E-state index in [1.807, 2.05) is 0 Å². The molecule has 128 valence electrons. The monoisotopic (exact) mass is 325 g/mol. The fraction of sp³-hybridized carbons (Fsp3) is 0.524. The van der Waals surface area contributed by atoms with Crippen molar-refractivity contribution in [1.29, 1.82) is 0 Å². The van der Waals surface area contributed by atoms with Crippen LogP contribution in [0.2, 0.25) is 0 Å². The molecule has 2 aromatic carbocycles. The number of ether oxygens (including phenoxy) is 1. The van der Waals surface area contributed by atoms with E-state index in [1.165, 1.54) is 21.9 Å². The fourth-order valence-electron chi connectivity index (χ4n) is 5.25. The van der Waals surface area contributed by atoms with E-state index in [0.29, 0.717) is 18.4 Å². The van der Waals surface area contributed by atoms with E-state index in [2.05, 4.69) is 56.4 Å². The lowest BCUT2D eigenvalue weighted by atomic mass is 9.53. The first-order chi connectivity index (χ1) is 11.6. The van der Waals surface area contributed by atoms with Crippen LogP contribution in [-0.2, 0) is 0 Å². The van der Waals surface area contributed by atoms with E-state index < -0.39 is 0 Å². The quantitative estimate of drug-likeness (QED) is 0.887. The summed E-state index contributed by atoms with van der Waals surface area (Å²) in [6, 6.07) is 11.2. The number of fused-ring (bicyclic) bond motifs is 4. The van der Waals surface area contributed by atoms with Crippen LogP contribution in [0.1, 0.15) is 56.7 Å². The molecule has 1 saturated carbocycles. The molecule has 0 saturated heterocycles. The standard InChI is InChI=1S/C21H27NO2/c1-4-24-20-16-8-6-5-7-14(16)11-17-18(20)13(2)22-21(3)12-15(9-10-23)19(17)21/h5-8,11,13,15,19,22-23H,4,9-10,12H2,1-3H3. The minimum atomic E-state index is 0.137. The molecule has 0 aromatic heterocycles. The Hall–Kier alpha value is -1.58. The highest BCUT2D eigenvalue weighted by atomic mass is 16.5. The van der Waals surface area contributed by atoms with Gasteiger partial charge in [-0.25, -0.2) is 0 Å². The maximum absolute atomic E-state index is 9.44. The number of aliphatic hydroxyl groups excluding tert-OH is 1. The summed E-state index contributed by atoms with van der Waals surface area (Å²) in [4.78, 5) is 0. The summed E-state index contributed by atoms with van der Waals surface area (Å²) >= 11 is 0. The summed E-state index contributed by atoms with van der Waals surface area (Å²) in [6.45, 7) is 7.58. The summed E-state index contributed by atoms with van der Waals surface area (Å²) in [6.07, 6.45) is 2.02. The molecule has 0 spiro atoms. The van der Waals surface area contributed by atoms with E-state index in [0.717, 1.165) is 18.6 Å². The van der Waals surface area contributed by atoms with Gasteiger partial charge in [-0.1, -0.05) is 30.3 Å². The smallest absolute Gasteiger partial charge is 0.132 e. The summed E-state index contributed by atoms with van der Waals surface area (Å²) < 4.78 is 6.13. The summed E-state index contributed by atoms with van der Waals surface area (Å²) in [5.41, 5.74) is 2.88. The third-order valence-electron chi connectivity index (χ3n) is 6.02. The molecular formula is C21H27NO2. The number of rotatable bonds is 4. The molecule has 4 unspecified atom stereocenters. The molecule has 4 atom stereocenters. The predicted octanol–water partition coefficient (Wildman–Crippen LogP) is 4.15. The van der Waals surface area contributed by atoms with Gasteiger partial charge in [0.15, 0.2) is 0 Å². The molecule has 1 aliphatic carbocycles. The number of hydrogen-bond donors (Lipinski definition) is 2. The third kappa shape index (κ3) is 2.18. The number of nitrogens with one attached hydrogen (secondary N) is 1. The van der Waals surface area contributed by atoms with Crippen LogP contribution in [0, 0.1) is 5.92 Å². The van der Waals surface area contributed by atoms with Crippen LogP contribution < -0.4 is 10.1 Å². The molecule has 2 N–H and O–H groups in total. The Bertz CT molecular complexity index is 772. The number of benzene rings is 2. The molecule has 0 bridgehead atoms. The molecule has 3 heteroatoms. The average Bonchev–Trinajstić information content (AvgIpc) is 2.53. The van der Waals surface area contributed by atoms with E-state index in [-0.39, 0.29) is 18.2 Å². The Morgan fingerprint density at radius 3 is 2.88 bits per heavy atom. The Kier molecular flexibility index (Phi) is 3.81. The predicted molar refractivity (Wildman–Crippen MR) is 97.6 cm³/mol. The minimum absolute atomic E-state index is 0.137. The van der Waals surface area contributed by atoms with Gasteiger partial charge < -0.3 is 15.2 Å². The highest BCUT2D eigenvalue weighted by Crippen LogP contribution is 2.58. The Morgan fingerprint density at radius 1 is 1.33 bits per heavy atom. The fourth-order valence-corrected chi connectivity index (χ4v) is 5.25. The molecule has 2 aliphatic rings. The molecule has 4 rings (SSSR count). The number of aliphatic hydroxyl groups is 1. The van der Waals surface area contributed by atoms with Crippen LogP contribution >= 0.6 is 0 Å². The second-order valence-electron chi connectivity index (χ2n) is 7.60. The van der Waals surface area contributed by atoms with Gasteiger partial charge >= 0.3 is 0 Å².